The SMILES string of the molecule is Cc1cc(C)c(NC(=O)CSc2cc(C(=O)NC3CC3)c3ccccc3n2)c(Cl)c1. The highest BCUT2D eigenvalue weighted by Gasteiger charge is 2.25. The Bertz CT molecular complexity index is 1120. The van der Waals surface area contributed by atoms with Crippen LogP contribution in [0.5, 0.6) is 0 Å². The molecule has 0 spiro atoms. The van der Waals surface area contributed by atoms with E-state index < -0.39 is 0 Å². The molecule has 1 aliphatic rings. The summed E-state index contributed by atoms with van der Waals surface area (Å²) in [6.07, 6.45) is 2.05. The van der Waals surface area contributed by atoms with E-state index in [1.807, 2.05) is 50.2 Å². The number of para-hydroxylation sites is 1. The molecule has 0 radical (unpaired) electrons. The van der Waals surface area contributed by atoms with Gasteiger partial charge in [0.15, 0.2) is 0 Å². The van der Waals surface area contributed by atoms with Crippen molar-refractivity contribution in [2.45, 2.75) is 37.8 Å². The topological polar surface area (TPSA) is 71.1 Å². The normalized spacial score (nSPS) is 13.3. The number of amides is 2. The van der Waals surface area contributed by atoms with Gasteiger partial charge in [-0.25, -0.2) is 4.98 Å². The van der Waals surface area contributed by atoms with Crippen LogP contribution in [0.1, 0.15) is 34.3 Å². The zero-order chi connectivity index (χ0) is 21.3. The minimum Gasteiger partial charge on any atom is -0.349 e. The van der Waals surface area contributed by atoms with Gasteiger partial charge in [0, 0.05) is 11.4 Å². The highest BCUT2D eigenvalue weighted by Crippen LogP contribution is 2.29. The van der Waals surface area contributed by atoms with Crippen LogP contribution in [0.15, 0.2) is 47.5 Å². The highest BCUT2D eigenvalue weighted by atomic mass is 35.5. The van der Waals surface area contributed by atoms with Crippen molar-refractivity contribution in [1.82, 2.24) is 10.3 Å². The van der Waals surface area contributed by atoms with Crippen LogP contribution < -0.4 is 10.6 Å². The number of anilines is 1. The molecule has 1 fully saturated rings. The molecule has 30 heavy (non-hydrogen) atoms. The third-order valence-corrected chi connectivity index (χ3v) is 6.11. The number of nitrogens with zero attached hydrogens (tertiary/aromatic N) is 1. The molecule has 0 aliphatic heterocycles. The van der Waals surface area contributed by atoms with Gasteiger partial charge in [0.1, 0.15) is 0 Å². The summed E-state index contributed by atoms with van der Waals surface area (Å²) < 4.78 is 0. The molecule has 154 valence electrons. The minimum atomic E-state index is -0.173. The van der Waals surface area contributed by atoms with Crippen LogP contribution in [-0.2, 0) is 4.79 Å². The second kappa shape index (κ2) is 8.66. The van der Waals surface area contributed by atoms with E-state index in [0.29, 0.717) is 21.3 Å². The van der Waals surface area contributed by atoms with Crippen LogP contribution >= 0.6 is 23.4 Å². The summed E-state index contributed by atoms with van der Waals surface area (Å²) in [5, 5.41) is 7.89. The first-order valence-corrected chi connectivity index (χ1v) is 11.2. The maximum atomic E-state index is 12.7. The van der Waals surface area contributed by atoms with Crippen LogP contribution in [0.4, 0.5) is 5.69 Å². The Labute approximate surface area is 184 Å². The Morgan fingerprint density at radius 1 is 1.17 bits per heavy atom. The molecule has 2 amide bonds. The van der Waals surface area contributed by atoms with Crippen molar-refractivity contribution >= 4 is 51.8 Å². The van der Waals surface area contributed by atoms with Gasteiger partial charge in [0.2, 0.25) is 5.91 Å². The summed E-state index contributed by atoms with van der Waals surface area (Å²) in [5.41, 5.74) is 3.92. The molecule has 4 rings (SSSR count). The van der Waals surface area contributed by atoms with Gasteiger partial charge in [-0.1, -0.05) is 47.6 Å². The molecule has 2 N–H and O–H groups in total. The monoisotopic (exact) mass is 439 g/mol. The number of thioether (sulfide) groups is 1. The molecule has 0 atom stereocenters. The van der Waals surface area contributed by atoms with Crippen LogP contribution in [0.25, 0.3) is 10.9 Å². The van der Waals surface area contributed by atoms with Crippen LogP contribution in [0.2, 0.25) is 5.02 Å². The number of benzene rings is 2. The zero-order valence-corrected chi connectivity index (χ0v) is 18.4. The molecule has 1 aromatic heterocycles. The van der Waals surface area contributed by atoms with Gasteiger partial charge < -0.3 is 10.6 Å². The standard InChI is InChI=1S/C23H22ClN3O2S/c1-13-9-14(2)22(18(24)10-13)27-20(28)12-30-21-11-17(23(29)25-15-7-8-15)16-5-3-4-6-19(16)26-21/h3-6,9-11,15H,7-8,12H2,1-2H3,(H,25,29)(H,27,28). The number of carbonyl (C=O) groups excluding carboxylic acids is 2. The van der Waals surface area contributed by atoms with Gasteiger partial charge >= 0.3 is 0 Å². The largest absolute Gasteiger partial charge is 0.349 e. The van der Waals surface area contributed by atoms with Crippen molar-refractivity contribution in [3.63, 3.8) is 0 Å². The predicted octanol–water partition coefficient (Wildman–Crippen LogP) is 5.13. The third-order valence-electron chi connectivity index (χ3n) is 4.90. The molecule has 0 unspecified atom stereocenters. The summed E-state index contributed by atoms with van der Waals surface area (Å²) in [5.74, 6) is -0.101. The van der Waals surface area contributed by atoms with Gasteiger partial charge in [-0.15, -0.1) is 0 Å². The van der Waals surface area contributed by atoms with Crippen molar-refractivity contribution in [2.75, 3.05) is 11.1 Å². The zero-order valence-electron chi connectivity index (χ0n) is 16.8. The molecule has 1 aliphatic carbocycles. The third kappa shape index (κ3) is 4.77. The number of nitrogens with one attached hydrogen (secondary N) is 2. The fourth-order valence-corrected chi connectivity index (χ4v) is 4.38. The Morgan fingerprint density at radius 3 is 2.67 bits per heavy atom. The van der Waals surface area contributed by atoms with E-state index in [9.17, 15) is 9.59 Å². The molecule has 0 saturated heterocycles. The highest BCUT2D eigenvalue weighted by molar-refractivity contribution is 7.99. The van der Waals surface area contributed by atoms with Crippen molar-refractivity contribution in [2.24, 2.45) is 0 Å². The molecule has 1 heterocycles. The molecule has 0 bridgehead atoms. The lowest BCUT2D eigenvalue weighted by molar-refractivity contribution is -0.113. The van der Waals surface area contributed by atoms with E-state index in [-0.39, 0.29) is 23.6 Å². The number of pyridine rings is 1. The summed E-state index contributed by atoms with van der Waals surface area (Å²) in [6, 6.07) is 13.4. The van der Waals surface area contributed by atoms with Crippen molar-refractivity contribution in [1.29, 1.82) is 0 Å². The first-order chi connectivity index (χ1) is 14.4. The summed E-state index contributed by atoms with van der Waals surface area (Å²) in [6.45, 7) is 3.87. The maximum absolute atomic E-state index is 12.7. The van der Waals surface area contributed by atoms with Gasteiger partial charge in [0.25, 0.3) is 5.91 Å². The van der Waals surface area contributed by atoms with E-state index >= 15 is 0 Å². The number of rotatable bonds is 6. The average molecular weight is 440 g/mol. The number of aromatic nitrogens is 1. The Morgan fingerprint density at radius 2 is 1.93 bits per heavy atom. The Balaban J connectivity index is 1.51. The van der Waals surface area contributed by atoms with E-state index in [4.69, 9.17) is 11.6 Å². The minimum absolute atomic E-state index is 0.0931. The van der Waals surface area contributed by atoms with Gasteiger partial charge in [-0.3, -0.25) is 9.59 Å². The predicted molar refractivity (Wildman–Crippen MR) is 123 cm³/mol. The number of hydrogen-bond donors (Lipinski definition) is 2. The summed E-state index contributed by atoms with van der Waals surface area (Å²) in [4.78, 5) is 29.8. The number of fused-ring (bicyclic) bond motifs is 1. The van der Waals surface area contributed by atoms with Crippen LogP contribution in [0.3, 0.4) is 0 Å². The molecule has 2 aromatic carbocycles. The lowest BCUT2D eigenvalue weighted by atomic mass is 10.1. The molecule has 3 aromatic rings. The van der Waals surface area contributed by atoms with E-state index in [0.717, 1.165) is 34.9 Å². The van der Waals surface area contributed by atoms with Gasteiger partial charge in [-0.05, 0) is 56.0 Å². The second-order valence-corrected chi connectivity index (χ2v) is 8.95. The lowest BCUT2D eigenvalue weighted by Gasteiger charge is -2.12. The van der Waals surface area contributed by atoms with Crippen LogP contribution in [-0.4, -0.2) is 28.6 Å². The molecule has 5 nitrogen and oxygen atoms in total. The van der Waals surface area contributed by atoms with E-state index in [2.05, 4.69) is 15.6 Å². The van der Waals surface area contributed by atoms with Gasteiger partial charge in [0.05, 0.1) is 32.6 Å². The fraction of sp³-hybridized carbons (Fsp3) is 0.261. The smallest absolute Gasteiger partial charge is 0.252 e. The van der Waals surface area contributed by atoms with E-state index in [1.165, 1.54) is 11.8 Å². The quantitative estimate of drug-likeness (QED) is 0.522. The first-order valence-electron chi connectivity index (χ1n) is 9.81. The average Bonchev–Trinajstić information content (AvgIpc) is 3.52. The number of aryl methyl sites for hydroxylation is 2. The van der Waals surface area contributed by atoms with Crippen molar-refractivity contribution in [3.05, 3.63) is 64.2 Å². The Hall–Kier alpha value is -2.57. The molecular formula is C23H22ClN3O2S. The summed E-state index contributed by atoms with van der Waals surface area (Å²) >= 11 is 7.58. The number of halogens is 1. The van der Waals surface area contributed by atoms with Crippen molar-refractivity contribution < 1.29 is 9.59 Å². The number of carbonyl (C=O) groups is 2. The fourth-order valence-electron chi connectivity index (χ4n) is 3.29. The molecule has 7 heteroatoms. The first kappa shape index (κ1) is 20.7. The summed E-state index contributed by atoms with van der Waals surface area (Å²) in [7, 11) is 0. The van der Waals surface area contributed by atoms with Gasteiger partial charge in [-0.2, -0.15) is 0 Å². The maximum Gasteiger partial charge on any atom is 0.252 e. The number of hydrogen-bond acceptors (Lipinski definition) is 4. The second-order valence-electron chi connectivity index (χ2n) is 7.55. The Kier molecular flexibility index (Phi) is 5.97. The molecule has 1 saturated carbocycles. The van der Waals surface area contributed by atoms with Crippen LogP contribution in [0, 0.1) is 13.8 Å². The van der Waals surface area contributed by atoms with E-state index in [1.54, 1.807) is 6.07 Å². The molecular weight excluding hydrogens is 418 g/mol. The lowest BCUT2D eigenvalue weighted by Crippen LogP contribution is -2.25. The van der Waals surface area contributed by atoms with Crippen molar-refractivity contribution in [3.8, 4) is 0 Å².